The van der Waals surface area contributed by atoms with E-state index >= 15 is 0 Å². The molecule has 1 atom stereocenters. The predicted molar refractivity (Wildman–Crippen MR) is 92.2 cm³/mol. The summed E-state index contributed by atoms with van der Waals surface area (Å²) < 4.78 is 0. The maximum absolute atomic E-state index is 12.7. The molecule has 1 aromatic carbocycles. The Kier molecular flexibility index (Phi) is 5.51. The Hall–Kier alpha value is -1.06. The van der Waals surface area contributed by atoms with Crippen molar-refractivity contribution in [2.24, 2.45) is 11.8 Å². The maximum Gasteiger partial charge on any atom is 0.223 e. The van der Waals surface area contributed by atoms with Gasteiger partial charge in [0.1, 0.15) is 0 Å². The molecule has 2 aliphatic rings. The van der Waals surface area contributed by atoms with E-state index in [0.29, 0.717) is 5.92 Å². The van der Waals surface area contributed by atoms with Crippen molar-refractivity contribution in [1.82, 2.24) is 10.6 Å². The first-order valence-corrected chi connectivity index (χ1v) is 8.21. The summed E-state index contributed by atoms with van der Waals surface area (Å²) in [4.78, 5) is 12.7. The SMILES string of the molecule is Cc1cccc(C2(NC(=O)C(C)C3CNC3)CCCC2)c1.Cl. The molecule has 1 aromatic rings. The van der Waals surface area contributed by atoms with E-state index in [1.54, 1.807) is 0 Å². The third-order valence-electron chi connectivity index (χ3n) is 5.32. The lowest BCUT2D eigenvalue weighted by molar-refractivity contribution is -0.128. The van der Waals surface area contributed by atoms with Crippen molar-refractivity contribution in [3.05, 3.63) is 35.4 Å². The molecule has 1 saturated heterocycles. The Morgan fingerprint density at radius 2 is 2.00 bits per heavy atom. The summed E-state index contributed by atoms with van der Waals surface area (Å²) in [5.74, 6) is 0.833. The molecule has 1 aliphatic carbocycles. The minimum atomic E-state index is -0.130. The fourth-order valence-electron chi connectivity index (χ4n) is 3.64. The van der Waals surface area contributed by atoms with E-state index in [-0.39, 0.29) is 29.8 Å². The normalized spacial score (nSPS) is 21.5. The number of aryl methyl sites for hydroxylation is 1. The standard InChI is InChI=1S/C18H26N2O.ClH/c1-13-6-5-7-16(10-13)18(8-3-4-9-18)20-17(21)14(2)15-11-19-12-15;/h5-7,10,14-15,19H,3-4,8-9,11-12H2,1-2H3,(H,20,21);1H. The van der Waals surface area contributed by atoms with Crippen molar-refractivity contribution in [2.45, 2.75) is 45.1 Å². The van der Waals surface area contributed by atoms with Crippen LogP contribution >= 0.6 is 12.4 Å². The molecule has 2 fully saturated rings. The van der Waals surface area contributed by atoms with Gasteiger partial charge in [0.15, 0.2) is 0 Å². The van der Waals surface area contributed by atoms with E-state index in [2.05, 4.69) is 48.7 Å². The highest BCUT2D eigenvalue weighted by atomic mass is 35.5. The van der Waals surface area contributed by atoms with Crippen molar-refractivity contribution in [1.29, 1.82) is 0 Å². The van der Waals surface area contributed by atoms with Crippen LogP contribution in [0.25, 0.3) is 0 Å². The highest BCUT2D eigenvalue weighted by Crippen LogP contribution is 2.39. The minimum Gasteiger partial charge on any atom is -0.346 e. The van der Waals surface area contributed by atoms with Crippen LogP contribution in [-0.2, 0) is 10.3 Å². The minimum absolute atomic E-state index is 0. The number of hydrogen-bond acceptors (Lipinski definition) is 2. The van der Waals surface area contributed by atoms with Crippen molar-refractivity contribution >= 4 is 18.3 Å². The second-order valence-corrected chi connectivity index (χ2v) is 6.85. The molecule has 3 nitrogen and oxygen atoms in total. The zero-order valence-electron chi connectivity index (χ0n) is 13.5. The molecule has 0 aromatic heterocycles. The number of amides is 1. The molecule has 1 unspecified atom stereocenters. The van der Waals surface area contributed by atoms with Crippen molar-refractivity contribution in [3.8, 4) is 0 Å². The van der Waals surface area contributed by atoms with Crippen molar-refractivity contribution < 1.29 is 4.79 Å². The largest absolute Gasteiger partial charge is 0.346 e. The first-order chi connectivity index (χ1) is 10.1. The van der Waals surface area contributed by atoms with E-state index in [9.17, 15) is 4.79 Å². The summed E-state index contributed by atoms with van der Waals surface area (Å²) in [6.45, 7) is 6.15. The molecule has 3 rings (SSSR count). The lowest BCUT2D eigenvalue weighted by Gasteiger charge is -2.36. The van der Waals surface area contributed by atoms with Gasteiger partial charge in [0.2, 0.25) is 5.91 Å². The Morgan fingerprint density at radius 3 is 2.55 bits per heavy atom. The van der Waals surface area contributed by atoms with Crippen molar-refractivity contribution in [2.75, 3.05) is 13.1 Å². The van der Waals surface area contributed by atoms with Crippen LogP contribution in [-0.4, -0.2) is 19.0 Å². The summed E-state index contributed by atoms with van der Waals surface area (Å²) in [5, 5.41) is 6.68. The average molecular weight is 323 g/mol. The second kappa shape index (κ2) is 7.01. The summed E-state index contributed by atoms with van der Waals surface area (Å²) >= 11 is 0. The zero-order valence-corrected chi connectivity index (χ0v) is 14.3. The molecule has 1 saturated carbocycles. The number of rotatable bonds is 4. The average Bonchev–Trinajstić information content (AvgIpc) is 2.86. The van der Waals surface area contributed by atoms with Gasteiger partial charge in [0, 0.05) is 5.92 Å². The van der Waals surface area contributed by atoms with Crippen LogP contribution in [0.4, 0.5) is 0 Å². The second-order valence-electron chi connectivity index (χ2n) is 6.85. The molecular weight excluding hydrogens is 296 g/mol. The van der Waals surface area contributed by atoms with Crippen LogP contribution in [0.15, 0.2) is 24.3 Å². The number of carbonyl (C=O) groups is 1. The number of nitrogens with one attached hydrogen (secondary N) is 2. The third-order valence-corrected chi connectivity index (χ3v) is 5.32. The van der Waals surface area contributed by atoms with E-state index in [1.165, 1.54) is 24.0 Å². The molecule has 1 heterocycles. The lowest BCUT2D eigenvalue weighted by Crippen LogP contribution is -2.53. The van der Waals surface area contributed by atoms with E-state index in [0.717, 1.165) is 25.9 Å². The smallest absolute Gasteiger partial charge is 0.223 e. The molecule has 1 amide bonds. The maximum atomic E-state index is 12.7. The van der Waals surface area contributed by atoms with Crippen LogP contribution in [0.1, 0.15) is 43.7 Å². The quantitative estimate of drug-likeness (QED) is 0.894. The molecule has 0 radical (unpaired) electrons. The van der Waals surface area contributed by atoms with Gasteiger partial charge in [0.05, 0.1) is 5.54 Å². The highest BCUT2D eigenvalue weighted by Gasteiger charge is 2.39. The van der Waals surface area contributed by atoms with E-state index < -0.39 is 0 Å². The highest BCUT2D eigenvalue weighted by molar-refractivity contribution is 5.85. The van der Waals surface area contributed by atoms with Crippen LogP contribution < -0.4 is 10.6 Å². The summed E-state index contributed by atoms with van der Waals surface area (Å²) in [6.07, 6.45) is 4.54. The molecular formula is C18H27ClN2O. The van der Waals surface area contributed by atoms with Crippen LogP contribution in [0, 0.1) is 18.8 Å². The van der Waals surface area contributed by atoms with Gasteiger partial charge in [-0.1, -0.05) is 49.6 Å². The summed E-state index contributed by atoms with van der Waals surface area (Å²) in [5.41, 5.74) is 2.42. The number of carbonyl (C=O) groups excluding carboxylic acids is 1. The Balaban J connectivity index is 0.00000176. The van der Waals surface area contributed by atoms with Gasteiger partial charge in [-0.2, -0.15) is 0 Å². The predicted octanol–water partition coefficient (Wildman–Crippen LogP) is 3.16. The number of halogens is 1. The topological polar surface area (TPSA) is 41.1 Å². The van der Waals surface area contributed by atoms with E-state index in [4.69, 9.17) is 0 Å². The van der Waals surface area contributed by atoms with Gasteiger partial charge >= 0.3 is 0 Å². The fourth-order valence-corrected chi connectivity index (χ4v) is 3.64. The van der Waals surface area contributed by atoms with Crippen LogP contribution in [0.5, 0.6) is 0 Å². The Bertz CT molecular complexity index is 522. The lowest BCUT2D eigenvalue weighted by atomic mass is 9.84. The number of hydrogen-bond donors (Lipinski definition) is 2. The van der Waals surface area contributed by atoms with Gasteiger partial charge in [-0.25, -0.2) is 0 Å². The molecule has 1 aliphatic heterocycles. The summed E-state index contributed by atoms with van der Waals surface area (Å²) in [7, 11) is 0. The third kappa shape index (κ3) is 3.31. The molecule has 0 spiro atoms. The Labute approximate surface area is 139 Å². The van der Waals surface area contributed by atoms with Gasteiger partial charge < -0.3 is 10.6 Å². The first-order valence-electron chi connectivity index (χ1n) is 8.21. The molecule has 0 bridgehead atoms. The van der Waals surface area contributed by atoms with Gasteiger partial charge in [-0.3, -0.25) is 4.79 Å². The van der Waals surface area contributed by atoms with E-state index in [1.807, 2.05) is 0 Å². The molecule has 4 heteroatoms. The molecule has 22 heavy (non-hydrogen) atoms. The molecule has 122 valence electrons. The van der Waals surface area contributed by atoms with Crippen molar-refractivity contribution in [3.63, 3.8) is 0 Å². The van der Waals surface area contributed by atoms with Gasteiger partial charge in [-0.15, -0.1) is 12.4 Å². The van der Waals surface area contributed by atoms with Gasteiger partial charge in [-0.05, 0) is 44.3 Å². The zero-order chi connectivity index (χ0) is 14.9. The fraction of sp³-hybridized carbons (Fsp3) is 0.611. The van der Waals surface area contributed by atoms with Crippen LogP contribution in [0.2, 0.25) is 0 Å². The first kappa shape index (κ1) is 17.3. The van der Waals surface area contributed by atoms with Gasteiger partial charge in [0.25, 0.3) is 0 Å². The number of benzene rings is 1. The summed E-state index contributed by atoms with van der Waals surface area (Å²) in [6, 6.07) is 8.64. The Morgan fingerprint density at radius 1 is 1.32 bits per heavy atom. The monoisotopic (exact) mass is 322 g/mol. The molecule has 2 N–H and O–H groups in total. The van der Waals surface area contributed by atoms with Crippen LogP contribution in [0.3, 0.4) is 0 Å².